The van der Waals surface area contributed by atoms with Gasteiger partial charge in [-0.1, -0.05) is 0 Å². The number of hydrogen-bond donors (Lipinski definition) is 2. The number of nitrogens with one attached hydrogen (secondary N) is 1. The van der Waals surface area contributed by atoms with Crippen molar-refractivity contribution in [2.24, 2.45) is 5.73 Å². The highest BCUT2D eigenvalue weighted by molar-refractivity contribution is 7.89. The molecule has 0 atom stereocenters. The summed E-state index contributed by atoms with van der Waals surface area (Å²) >= 11 is 0. The Balaban J connectivity index is 2.35. The molecule has 2 rings (SSSR count). The highest BCUT2D eigenvalue weighted by Crippen LogP contribution is 2.29. The predicted octanol–water partition coefficient (Wildman–Crippen LogP) is -0.0841. The van der Waals surface area contributed by atoms with Gasteiger partial charge in [-0.3, -0.25) is 0 Å². The molecule has 1 aliphatic heterocycles. The number of sulfonamides is 1. The number of fused-ring (bicyclic) bond motifs is 1. The Morgan fingerprint density at radius 1 is 1.47 bits per heavy atom. The Labute approximate surface area is 102 Å². The summed E-state index contributed by atoms with van der Waals surface area (Å²) < 4.78 is 25.7. The number of anilines is 1. The molecule has 0 fully saturated rings. The SMILES string of the molecule is CNS(=O)(=O)c1ccc2c(c1)CCN2CCN. The molecule has 0 amide bonds. The van der Waals surface area contributed by atoms with Gasteiger partial charge in [-0.25, -0.2) is 13.1 Å². The zero-order valence-corrected chi connectivity index (χ0v) is 10.6. The van der Waals surface area contributed by atoms with E-state index in [-0.39, 0.29) is 0 Å². The Hall–Kier alpha value is -1.11. The maximum absolute atomic E-state index is 11.7. The fourth-order valence-corrected chi connectivity index (χ4v) is 2.90. The molecular formula is C11H17N3O2S. The van der Waals surface area contributed by atoms with Gasteiger partial charge in [0, 0.05) is 25.3 Å². The molecular weight excluding hydrogens is 238 g/mol. The summed E-state index contributed by atoms with van der Waals surface area (Å²) in [5.74, 6) is 0. The maximum atomic E-state index is 11.7. The van der Waals surface area contributed by atoms with Crippen molar-refractivity contribution in [1.82, 2.24) is 4.72 Å². The second-order valence-electron chi connectivity index (χ2n) is 4.02. The molecule has 0 spiro atoms. The molecule has 5 nitrogen and oxygen atoms in total. The first-order chi connectivity index (χ1) is 8.08. The zero-order chi connectivity index (χ0) is 12.5. The molecule has 0 saturated carbocycles. The van der Waals surface area contributed by atoms with E-state index in [1.54, 1.807) is 12.1 Å². The zero-order valence-electron chi connectivity index (χ0n) is 9.81. The summed E-state index contributed by atoms with van der Waals surface area (Å²) in [6, 6.07) is 5.25. The van der Waals surface area contributed by atoms with Gasteiger partial charge in [0.1, 0.15) is 0 Å². The van der Waals surface area contributed by atoms with Crippen LogP contribution in [-0.4, -0.2) is 35.1 Å². The number of nitrogens with zero attached hydrogens (tertiary/aromatic N) is 1. The largest absolute Gasteiger partial charge is 0.370 e. The van der Waals surface area contributed by atoms with Crippen LogP contribution in [0, 0.1) is 0 Å². The van der Waals surface area contributed by atoms with Gasteiger partial charge in [0.15, 0.2) is 0 Å². The Morgan fingerprint density at radius 3 is 2.88 bits per heavy atom. The third-order valence-corrected chi connectivity index (χ3v) is 4.43. The lowest BCUT2D eigenvalue weighted by Gasteiger charge is -2.18. The smallest absolute Gasteiger partial charge is 0.240 e. The van der Waals surface area contributed by atoms with Crippen LogP contribution < -0.4 is 15.4 Å². The van der Waals surface area contributed by atoms with Crippen molar-refractivity contribution in [3.63, 3.8) is 0 Å². The van der Waals surface area contributed by atoms with Crippen LogP contribution >= 0.6 is 0 Å². The minimum Gasteiger partial charge on any atom is -0.370 e. The van der Waals surface area contributed by atoms with Gasteiger partial charge in [0.2, 0.25) is 10.0 Å². The first-order valence-corrected chi connectivity index (χ1v) is 7.08. The average molecular weight is 255 g/mol. The number of nitrogens with two attached hydrogens (primary N) is 1. The van der Waals surface area contributed by atoms with Gasteiger partial charge >= 0.3 is 0 Å². The molecule has 1 aliphatic rings. The van der Waals surface area contributed by atoms with E-state index >= 15 is 0 Å². The van der Waals surface area contributed by atoms with Crippen molar-refractivity contribution in [3.05, 3.63) is 23.8 Å². The molecule has 0 bridgehead atoms. The van der Waals surface area contributed by atoms with Crippen LogP contribution in [0.1, 0.15) is 5.56 Å². The van der Waals surface area contributed by atoms with Crippen molar-refractivity contribution < 1.29 is 8.42 Å². The van der Waals surface area contributed by atoms with Gasteiger partial charge in [0.05, 0.1) is 4.90 Å². The van der Waals surface area contributed by atoms with Crippen LogP contribution in [0.25, 0.3) is 0 Å². The maximum Gasteiger partial charge on any atom is 0.240 e. The van der Waals surface area contributed by atoms with Crippen molar-refractivity contribution in [3.8, 4) is 0 Å². The summed E-state index contributed by atoms with van der Waals surface area (Å²) in [6.07, 6.45) is 0.877. The summed E-state index contributed by atoms with van der Waals surface area (Å²) in [6.45, 7) is 2.33. The van der Waals surface area contributed by atoms with Crippen LogP contribution in [0.4, 0.5) is 5.69 Å². The van der Waals surface area contributed by atoms with Crippen molar-refractivity contribution in [2.45, 2.75) is 11.3 Å². The summed E-state index contributed by atoms with van der Waals surface area (Å²) in [4.78, 5) is 2.51. The first kappa shape index (κ1) is 12.3. The predicted molar refractivity (Wildman–Crippen MR) is 67.7 cm³/mol. The van der Waals surface area contributed by atoms with Crippen molar-refractivity contribution >= 4 is 15.7 Å². The highest BCUT2D eigenvalue weighted by atomic mass is 32.2. The molecule has 17 heavy (non-hydrogen) atoms. The molecule has 0 aromatic heterocycles. The third-order valence-electron chi connectivity index (χ3n) is 3.02. The molecule has 6 heteroatoms. The third kappa shape index (κ3) is 2.29. The normalized spacial score (nSPS) is 15.1. The Kier molecular flexibility index (Phi) is 3.37. The monoisotopic (exact) mass is 255 g/mol. The molecule has 94 valence electrons. The summed E-state index contributed by atoms with van der Waals surface area (Å²) in [7, 11) is -1.92. The Bertz CT molecular complexity index is 513. The van der Waals surface area contributed by atoms with E-state index in [1.807, 2.05) is 6.07 Å². The molecule has 1 aromatic carbocycles. The lowest BCUT2D eigenvalue weighted by molar-refractivity contribution is 0.588. The van der Waals surface area contributed by atoms with Crippen molar-refractivity contribution in [2.75, 3.05) is 31.6 Å². The van der Waals surface area contributed by atoms with Gasteiger partial charge in [-0.2, -0.15) is 0 Å². The van der Waals surface area contributed by atoms with Gasteiger partial charge in [0.25, 0.3) is 0 Å². The van der Waals surface area contributed by atoms with E-state index in [9.17, 15) is 8.42 Å². The molecule has 1 heterocycles. The number of rotatable bonds is 4. The van der Waals surface area contributed by atoms with Gasteiger partial charge in [-0.05, 0) is 37.2 Å². The minimum atomic E-state index is -3.34. The fraction of sp³-hybridized carbons (Fsp3) is 0.455. The van der Waals surface area contributed by atoms with Crippen LogP contribution in [0.15, 0.2) is 23.1 Å². The second kappa shape index (κ2) is 4.64. The number of benzene rings is 1. The van der Waals surface area contributed by atoms with Crippen molar-refractivity contribution in [1.29, 1.82) is 0 Å². The quantitative estimate of drug-likeness (QED) is 0.789. The van der Waals surface area contributed by atoms with Crippen LogP contribution in [0.3, 0.4) is 0 Å². The van der Waals surface area contributed by atoms with Crippen LogP contribution in [0.5, 0.6) is 0 Å². The fourth-order valence-electron chi connectivity index (χ4n) is 2.12. The summed E-state index contributed by atoms with van der Waals surface area (Å²) in [5, 5.41) is 0. The lowest BCUT2D eigenvalue weighted by Crippen LogP contribution is -2.27. The van der Waals surface area contributed by atoms with E-state index < -0.39 is 10.0 Å². The molecule has 1 aromatic rings. The Morgan fingerprint density at radius 2 is 2.24 bits per heavy atom. The van der Waals surface area contributed by atoms with Gasteiger partial charge < -0.3 is 10.6 Å². The molecule has 3 N–H and O–H groups in total. The van der Waals surface area contributed by atoms with E-state index in [1.165, 1.54) is 7.05 Å². The summed E-state index contributed by atoms with van der Waals surface area (Å²) in [5.41, 5.74) is 7.72. The molecule has 0 unspecified atom stereocenters. The van der Waals surface area contributed by atoms with Gasteiger partial charge in [-0.15, -0.1) is 0 Å². The van der Waals surface area contributed by atoms with E-state index in [2.05, 4.69) is 9.62 Å². The highest BCUT2D eigenvalue weighted by Gasteiger charge is 2.21. The molecule has 0 saturated heterocycles. The average Bonchev–Trinajstić information content (AvgIpc) is 2.72. The minimum absolute atomic E-state index is 0.327. The lowest BCUT2D eigenvalue weighted by atomic mass is 10.2. The number of hydrogen-bond acceptors (Lipinski definition) is 4. The van der Waals surface area contributed by atoms with E-state index in [0.29, 0.717) is 11.4 Å². The van der Waals surface area contributed by atoms with Crippen LogP contribution in [-0.2, 0) is 16.4 Å². The molecule has 0 radical (unpaired) electrons. The van der Waals surface area contributed by atoms with Crippen LogP contribution in [0.2, 0.25) is 0 Å². The molecule has 0 aliphatic carbocycles. The van der Waals surface area contributed by atoms with E-state index in [4.69, 9.17) is 5.73 Å². The first-order valence-electron chi connectivity index (χ1n) is 5.60. The standard InChI is InChI=1S/C11H17N3O2S/c1-13-17(15,16)10-2-3-11-9(8-10)4-6-14(11)7-5-12/h2-3,8,13H,4-7,12H2,1H3. The topological polar surface area (TPSA) is 75.4 Å². The van der Waals surface area contributed by atoms with E-state index in [0.717, 1.165) is 30.8 Å². The second-order valence-corrected chi connectivity index (χ2v) is 5.91.